The molecule has 0 spiro atoms. The average molecular weight is 405 g/mol. The maximum atomic E-state index is 12.7. The highest BCUT2D eigenvalue weighted by Crippen LogP contribution is 2.32. The Morgan fingerprint density at radius 3 is 2.45 bits per heavy atom. The summed E-state index contributed by atoms with van der Waals surface area (Å²) in [6.07, 6.45) is 0. The Balaban J connectivity index is 1.49. The molecule has 1 saturated heterocycles. The number of hydrogen-bond donors (Lipinski definition) is 1. The van der Waals surface area contributed by atoms with E-state index in [0.717, 1.165) is 26.2 Å². The fourth-order valence-corrected chi connectivity index (χ4v) is 3.36. The molecule has 2 aromatic rings. The lowest BCUT2D eigenvalue weighted by Gasteiger charge is -2.36. The Bertz CT molecular complexity index is 797. The summed E-state index contributed by atoms with van der Waals surface area (Å²) in [6.45, 7) is 1.67. The molecule has 3 rings (SSSR count). The zero-order chi connectivity index (χ0) is 20.6. The summed E-state index contributed by atoms with van der Waals surface area (Å²) in [5, 5.41) is 2.78. The van der Waals surface area contributed by atoms with Crippen LogP contribution in [0.4, 0.5) is 14.5 Å². The lowest BCUT2D eigenvalue weighted by atomic mass is 10.1. The van der Waals surface area contributed by atoms with Gasteiger partial charge >= 0.3 is 6.61 Å². The summed E-state index contributed by atoms with van der Waals surface area (Å²) in [5.74, 6) is -0.628. The predicted octanol–water partition coefficient (Wildman–Crippen LogP) is 2.85. The number of halogens is 2. The highest BCUT2D eigenvalue weighted by atomic mass is 19.3. The van der Waals surface area contributed by atoms with Gasteiger partial charge in [-0.2, -0.15) is 8.78 Å². The molecule has 2 aromatic carbocycles. The standard InChI is InChI=1S/C21H25F2N3O3/c1-28-18-9-5-8-17(19(18)29-21(22)23)20(27)24-10-11-25-12-14-26(15-13-25)16-6-3-2-4-7-16/h2-9,21H,10-15H2,1H3,(H,24,27). The van der Waals surface area contributed by atoms with Crippen molar-refractivity contribution >= 4 is 11.6 Å². The van der Waals surface area contributed by atoms with Crippen molar-refractivity contribution in [2.75, 3.05) is 51.3 Å². The van der Waals surface area contributed by atoms with Crippen molar-refractivity contribution in [3.63, 3.8) is 0 Å². The molecular formula is C21H25F2N3O3. The molecule has 1 aliphatic heterocycles. The van der Waals surface area contributed by atoms with Crippen LogP contribution in [0.5, 0.6) is 11.5 Å². The Morgan fingerprint density at radius 2 is 1.79 bits per heavy atom. The number of nitrogens with one attached hydrogen (secondary N) is 1. The van der Waals surface area contributed by atoms with Crippen LogP contribution in [-0.2, 0) is 0 Å². The van der Waals surface area contributed by atoms with Crippen molar-refractivity contribution in [3.8, 4) is 11.5 Å². The minimum Gasteiger partial charge on any atom is -0.493 e. The molecule has 29 heavy (non-hydrogen) atoms. The molecule has 1 amide bonds. The van der Waals surface area contributed by atoms with E-state index in [1.54, 1.807) is 6.07 Å². The third-order valence-corrected chi connectivity index (χ3v) is 4.86. The number of alkyl halides is 2. The first-order valence-electron chi connectivity index (χ1n) is 9.51. The Labute approximate surface area is 169 Å². The number of piperazine rings is 1. The van der Waals surface area contributed by atoms with Crippen LogP contribution in [0.3, 0.4) is 0 Å². The Hall–Kier alpha value is -2.87. The van der Waals surface area contributed by atoms with E-state index in [1.807, 2.05) is 18.2 Å². The molecule has 6 nitrogen and oxygen atoms in total. The summed E-state index contributed by atoms with van der Waals surface area (Å²) in [7, 11) is 1.34. The first kappa shape index (κ1) is 20.9. The van der Waals surface area contributed by atoms with Crippen molar-refractivity contribution < 1.29 is 23.0 Å². The van der Waals surface area contributed by atoms with Crippen LogP contribution >= 0.6 is 0 Å². The van der Waals surface area contributed by atoms with Crippen molar-refractivity contribution in [3.05, 3.63) is 54.1 Å². The molecule has 8 heteroatoms. The number of benzene rings is 2. The number of nitrogens with zero attached hydrogens (tertiary/aromatic N) is 2. The van der Waals surface area contributed by atoms with Gasteiger partial charge in [0.2, 0.25) is 0 Å². The van der Waals surface area contributed by atoms with Crippen LogP contribution in [0.25, 0.3) is 0 Å². The van der Waals surface area contributed by atoms with Gasteiger partial charge in [-0.3, -0.25) is 9.69 Å². The number of anilines is 1. The summed E-state index contributed by atoms with van der Waals surface area (Å²) in [5.41, 5.74) is 1.24. The predicted molar refractivity (Wildman–Crippen MR) is 107 cm³/mol. The largest absolute Gasteiger partial charge is 0.493 e. The van der Waals surface area contributed by atoms with E-state index in [4.69, 9.17) is 4.74 Å². The fraction of sp³-hybridized carbons (Fsp3) is 0.381. The van der Waals surface area contributed by atoms with Crippen LogP contribution in [-0.4, -0.2) is 63.8 Å². The van der Waals surface area contributed by atoms with Gasteiger partial charge in [-0.05, 0) is 24.3 Å². The lowest BCUT2D eigenvalue weighted by Crippen LogP contribution is -2.48. The van der Waals surface area contributed by atoms with Gasteiger partial charge in [-0.1, -0.05) is 24.3 Å². The molecule has 1 aliphatic rings. The summed E-state index contributed by atoms with van der Waals surface area (Å²) >= 11 is 0. The van der Waals surface area contributed by atoms with Crippen molar-refractivity contribution in [1.82, 2.24) is 10.2 Å². The topological polar surface area (TPSA) is 54.0 Å². The molecule has 0 saturated carbocycles. The highest BCUT2D eigenvalue weighted by molar-refractivity contribution is 5.97. The minimum atomic E-state index is -3.04. The van der Waals surface area contributed by atoms with E-state index in [-0.39, 0.29) is 17.1 Å². The van der Waals surface area contributed by atoms with E-state index >= 15 is 0 Å². The van der Waals surface area contributed by atoms with Crippen molar-refractivity contribution in [2.45, 2.75) is 6.61 Å². The van der Waals surface area contributed by atoms with Crippen LogP contribution in [0.1, 0.15) is 10.4 Å². The molecule has 0 aromatic heterocycles. The summed E-state index contributed by atoms with van der Waals surface area (Å²) in [6, 6.07) is 14.7. The molecule has 0 aliphatic carbocycles. The molecule has 1 heterocycles. The minimum absolute atomic E-state index is 0.0264. The van der Waals surface area contributed by atoms with Gasteiger partial charge in [0.25, 0.3) is 5.91 Å². The Kier molecular flexibility index (Phi) is 7.24. The van der Waals surface area contributed by atoms with Crippen LogP contribution in [0.2, 0.25) is 0 Å². The third kappa shape index (κ3) is 5.57. The molecule has 0 bridgehead atoms. The normalized spacial score (nSPS) is 14.7. The number of amides is 1. The monoisotopic (exact) mass is 405 g/mol. The zero-order valence-electron chi connectivity index (χ0n) is 16.3. The van der Waals surface area contributed by atoms with Crippen molar-refractivity contribution in [1.29, 1.82) is 0 Å². The molecule has 0 unspecified atom stereocenters. The maximum absolute atomic E-state index is 12.7. The number of carbonyl (C=O) groups excluding carboxylic acids is 1. The number of carbonyl (C=O) groups is 1. The molecule has 0 atom stereocenters. The number of ether oxygens (including phenoxy) is 2. The van der Waals surface area contributed by atoms with E-state index in [0.29, 0.717) is 13.1 Å². The lowest BCUT2D eigenvalue weighted by molar-refractivity contribution is -0.0515. The summed E-state index contributed by atoms with van der Waals surface area (Å²) < 4.78 is 35.0. The quantitative estimate of drug-likeness (QED) is 0.732. The van der Waals surface area contributed by atoms with Crippen molar-refractivity contribution in [2.24, 2.45) is 0 Å². The van der Waals surface area contributed by atoms with Gasteiger partial charge in [0, 0.05) is 45.0 Å². The van der Waals surface area contributed by atoms with E-state index in [2.05, 4.69) is 32.0 Å². The van der Waals surface area contributed by atoms with Gasteiger partial charge in [-0.25, -0.2) is 0 Å². The zero-order valence-corrected chi connectivity index (χ0v) is 16.3. The Morgan fingerprint density at radius 1 is 1.07 bits per heavy atom. The third-order valence-electron chi connectivity index (χ3n) is 4.86. The second kappa shape index (κ2) is 10.1. The number of para-hydroxylation sites is 2. The molecule has 0 radical (unpaired) electrons. The maximum Gasteiger partial charge on any atom is 0.387 e. The van der Waals surface area contributed by atoms with Gasteiger partial charge in [0.1, 0.15) is 0 Å². The van der Waals surface area contributed by atoms with Gasteiger partial charge < -0.3 is 19.7 Å². The molecule has 156 valence electrons. The number of rotatable bonds is 8. The van der Waals surface area contributed by atoms with E-state index in [1.165, 1.54) is 24.9 Å². The highest BCUT2D eigenvalue weighted by Gasteiger charge is 2.21. The van der Waals surface area contributed by atoms with Gasteiger partial charge in [-0.15, -0.1) is 0 Å². The second-order valence-electron chi connectivity index (χ2n) is 6.64. The van der Waals surface area contributed by atoms with Crippen LogP contribution in [0.15, 0.2) is 48.5 Å². The SMILES string of the molecule is COc1cccc(C(=O)NCCN2CCN(c3ccccc3)CC2)c1OC(F)F. The van der Waals surface area contributed by atoms with Gasteiger partial charge in [0.15, 0.2) is 11.5 Å². The first-order valence-corrected chi connectivity index (χ1v) is 9.51. The second-order valence-corrected chi connectivity index (χ2v) is 6.64. The average Bonchev–Trinajstić information content (AvgIpc) is 2.74. The van der Waals surface area contributed by atoms with Crippen LogP contribution < -0.4 is 19.7 Å². The molecule has 1 N–H and O–H groups in total. The number of methoxy groups -OCH3 is 1. The van der Waals surface area contributed by atoms with Gasteiger partial charge in [0.05, 0.1) is 12.7 Å². The first-order chi connectivity index (χ1) is 14.1. The molecule has 1 fully saturated rings. The summed E-state index contributed by atoms with van der Waals surface area (Å²) in [4.78, 5) is 17.1. The fourth-order valence-electron chi connectivity index (χ4n) is 3.36. The number of hydrogen-bond acceptors (Lipinski definition) is 5. The molecular weight excluding hydrogens is 380 g/mol. The van der Waals surface area contributed by atoms with E-state index < -0.39 is 12.5 Å². The van der Waals surface area contributed by atoms with Crippen LogP contribution in [0, 0.1) is 0 Å². The smallest absolute Gasteiger partial charge is 0.387 e. The van der Waals surface area contributed by atoms with E-state index in [9.17, 15) is 13.6 Å².